The van der Waals surface area contributed by atoms with E-state index in [1.54, 1.807) is 18.2 Å². The van der Waals surface area contributed by atoms with Gasteiger partial charge in [0.2, 0.25) is 6.79 Å². The van der Waals surface area contributed by atoms with Crippen molar-refractivity contribution in [1.82, 2.24) is 0 Å². The van der Waals surface area contributed by atoms with Gasteiger partial charge in [-0.05, 0) is 24.1 Å². The Balaban J connectivity index is 1.85. The molecule has 21 heavy (non-hydrogen) atoms. The molecule has 0 radical (unpaired) electrons. The number of carbonyl (C=O) groups is 1. The summed E-state index contributed by atoms with van der Waals surface area (Å²) in [7, 11) is -3.15. The monoisotopic (exact) mass is 307 g/mol. The number of carbonyl (C=O) groups excluding carboxylic acids is 1. The highest BCUT2D eigenvalue weighted by molar-refractivity contribution is 7.91. The van der Waals surface area contributed by atoms with Gasteiger partial charge in [-0.15, -0.1) is 0 Å². The molecule has 0 spiro atoms. The molecule has 7 heteroatoms. The van der Waals surface area contributed by atoms with Crippen LogP contribution >= 0.6 is 0 Å². The fraction of sp³-hybridized carbons (Fsp3) is 0.429. The third-order valence-corrected chi connectivity index (χ3v) is 5.55. The highest BCUT2D eigenvalue weighted by Gasteiger charge is 2.37. The first-order chi connectivity index (χ1) is 10.00. The van der Waals surface area contributed by atoms with Crippen LogP contribution in [-0.4, -0.2) is 32.5 Å². The number of ketones is 1. The third kappa shape index (κ3) is 2.59. The van der Waals surface area contributed by atoms with Crippen molar-refractivity contribution in [2.75, 3.05) is 18.3 Å². The summed E-state index contributed by atoms with van der Waals surface area (Å²) in [6.45, 7) is 0.116. The molecule has 0 N–H and O–H groups in total. The maximum absolute atomic E-state index is 12.4. The van der Waals surface area contributed by atoms with E-state index in [0.29, 0.717) is 23.5 Å². The van der Waals surface area contributed by atoms with Crippen molar-refractivity contribution in [3.63, 3.8) is 0 Å². The lowest BCUT2D eigenvalue weighted by atomic mass is 9.88. The van der Waals surface area contributed by atoms with Crippen LogP contribution in [0.2, 0.25) is 0 Å². The standard InChI is InChI=1S/C14H13NO5S/c15-6-11(14(16)10-3-4-21(17,18)7-10)9-1-2-12-13(5-9)20-8-19-12/h1-2,5,10-11H,3-4,7-8H2. The second-order valence-electron chi connectivity index (χ2n) is 5.18. The molecule has 0 aliphatic carbocycles. The minimum Gasteiger partial charge on any atom is -0.454 e. The Labute approximate surface area is 122 Å². The van der Waals surface area contributed by atoms with Gasteiger partial charge < -0.3 is 9.47 Å². The van der Waals surface area contributed by atoms with Crippen molar-refractivity contribution >= 4 is 15.6 Å². The molecule has 1 aromatic carbocycles. The average molecular weight is 307 g/mol. The van der Waals surface area contributed by atoms with Gasteiger partial charge in [0.1, 0.15) is 5.92 Å². The molecule has 1 fully saturated rings. The maximum Gasteiger partial charge on any atom is 0.231 e. The molecule has 0 aromatic heterocycles. The lowest BCUT2D eigenvalue weighted by Gasteiger charge is -2.13. The van der Waals surface area contributed by atoms with Gasteiger partial charge in [0.25, 0.3) is 0 Å². The molecule has 110 valence electrons. The van der Waals surface area contributed by atoms with Crippen molar-refractivity contribution in [2.24, 2.45) is 5.92 Å². The van der Waals surface area contributed by atoms with Crippen LogP contribution < -0.4 is 9.47 Å². The number of hydrogen-bond donors (Lipinski definition) is 0. The van der Waals surface area contributed by atoms with E-state index in [-0.39, 0.29) is 24.1 Å². The molecule has 2 unspecified atom stereocenters. The highest BCUT2D eigenvalue weighted by atomic mass is 32.2. The third-order valence-electron chi connectivity index (χ3n) is 3.78. The minimum absolute atomic E-state index is 0.0166. The molecule has 0 bridgehead atoms. The van der Waals surface area contributed by atoms with Crippen LogP contribution in [0.15, 0.2) is 18.2 Å². The summed E-state index contributed by atoms with van der Waals surface area (Å²) < 4.78 is 33.4. The topological polar surface area (TPSA) is 93.5 Å². The van der Waals surface area contributed by atoms with Crippen molar-refractivity contribution in [3.8, 4) is 17.6 Å². The molecule has 0 saturated carbocycles. The number of Topliss-reactive ketones (excluding diaryl/α,β-unsaturated/α-hetero) is 1. The zero-order valence-electron chi connectivity index (χ0n) is 11.1. The zero-order valence-corrected chi connectivity index (χ0v) is 11.9. The van der Waals surface area contributed by atoms with Gasteiger partial charge in [0.15, 0.2) is 27.1 Å². The Morgan fingerprint density at radius 2 is 2.10 bits per heavy atom. The average Bonchev–Trinajstić information content (AvgIpc) is 3.05. The molecule has 6 nitrogen and oxygen atoms in total. The number of benzene rings is 1. The van der Waals surface area contributed by atoms with Crippen LogP contribution in [0.4, 0.5) is 0 Å². The van der Waals surface area contributed by atoms with E-state index in [0.717, 1.165) is 0 Å². The Morgan fingerprint density at radius 3 is 2.76 bits per heavy atom. The first-order valence-electron chi connectivity index (χ1n) is 6.53. The van der Waals surface area contributed by atoms with Gasteiger partial charge in [-0.3, -0.25) is 4.79 Å². The van der Waals surface area contributed by atoms with Gasteiger partial charge in [-0.1, -0.05) is 6.07 Å². The quantitative estimate of drug-likeness (QED) is 0.828. The van der Waals surface area contributed by atoms with Crippen LogP contribution in [0.3, 0.4) is 0 Å². The highest BCUT2D eigenvalue weighted by Crippen LogP contribution is 2.36. The predicted octanol–water partition coefficient (Wildman–Crippen LogP) is 1.03. The molecular formula is C14H13NO5S. The molecule has 1 aromatic rings. The molecule has 2 atom stereocenters. The van der Waals surface area contributed by atoms with Crippen LogP contribution in [0.1, 0.15) is 17.9 Å². The first kappa shape index (κ1) is 13.9. The molecular weight excluding hydrogens is 294 g/mol. The summed E-state index contributed by atoms with van der Waals surface area (Å²) in [6.07, 6.45) is 0.296. The lowest BCUT2D eigenvalue weighted by molar-refractivity contribution is -0.122. The van der Waals surface area contributed by atoms with E-state index in [2.05, 4.69) is 0 Å². The van der Waals surface area contributed by atoms with Gasteiger partial charge >= 0.3 is 0 Å². The van der Waals surface area contributed by atoms with Crippen molar-refractivity contribution < 1.29 is 22.7 Å². The minimum atomic E-state index is -3.15. The second-order valence-corrected chi connectivity index (χ2v) is 7.41. The fourth-order valence-corrected chi connectivity index (χ4v) is 4.40. The number of rotatable bonds is 3. The molecule has 3 rings (SSSR count). The van der Waals surface area contributed by atoms with Crippen molar-refractivity contribution in [1.29, 1.82) is 5.26 Å². The summed E-state index contributed by atoms with van der Waals surface area (Å²) in [5.74, 6) is -0.969. The summed E-state index contributed by atoms with van der Waals surface area (Å²) >= 11 is 0. The first-order valence-corrected chi connectivity index (χ1v) is 8.35. The van der Waals surface area contributed by atoms with Crippen molar-refractivity contribution in [2.45, 2.75) is 12.3 Å². The number of sulfone groups is 1. The lowest BCUT2D eigenvalue weighted by Crippen LogP contribution is -2.22. The van der Waals surface area contributed by atoms with Gasteiger partial charge in [-0.2, -0.15) is 5.26 Å². The van der Waals surface area contributed by atoms with Gasteiger partial charge in [-0.25, -0.2) is 8.42 Å². The Kier molecular flexibility index (Phi) is 3.33. The normalized spacial score (nSPS) is 23.5. The van der Waals surface area contributed by atoms with E-state index < -0.39 is 21.7 Å². The van der Waals surface area contributed by atoms with Crippen LogP contribution in [0, 0.1) is 17.2 Å². The predicted molar refractivity (Wildman–Crippen MR) is 72.7 cm³/mol. The van der Waals surface area contributed by atoms with E-state index in [9.17, 15) is 18.5 Å². The van der Waals surface area contributed by atoms with E-state index in [1.807, 2.05) is 6.07 Å². The second kappa shape index (κ2) is 5.04. The van der Waals surface area contributed by atoms with E-state index >= 15 is 0 Å². The number of nitriles is 1. The van der Waals surface area contributed by atoms with Crippen LogP contribution in [0.5, 0.6) is 11.5 Å². The fourth-order valence-electron chi connectivity index (χ4n) is 2.65. The number of fused-ring (bicyclic) bond motifs is 1. The largest absolute Gasteiger partial charge is 0.454 e. The van der Waals surface area contributed by atoms with E-state index in [4.69, 9.17) is 9.47 Å². The Morgan fingerprint density at radius 1 is 1.33 bits per heavy atom. The van der Waals surface area contributed by atoms with Crippen LogP contribution in [0.25, 0.3) is 0 Å². The molecule has 0 amide bonds. The number of ether oxygens (including phenoxy) is 2. The van der Waals surface area contributed by atoms with Crippen molar-refractivity contribution in [3.05, 3.63) is 23.8 Å². The van der Waals surface area contributed by atoms with E-state index in [1.165, 1.54) is 0 Å². The molecule has 1 saturated heterocycles. The summed E-state index contributed by atoms with van der Waals surface area (Å²) in [5.41, 5.74) is 0.510. The Hall–Kier alpha value is -2.07. The van der Waals surface area contributed by atoms with Gasteiger partial charge in [0, 0.05) is 5.92 Å². The van der Waals surface area contributed by atoms with Gasteiger partial charge in [0.05, 0.1) is 17.6 Å². The molecule has 2 heterocycles. The molecule has 2 aliphatic heterocycles. The Bertz CT molecular complexity index is 734. The zero-order chi connectivity index (χ0) is 15.0. The number of nitrogens with zero attached hydrogens (tertiary/aromatic N) is 1. The SMILES string of the molecule is N#CC(C(=O)C1CCS(=O)(=O)C1)c1ccc2c(c1)OCO2. The molecule has 2 aliphatic rings. The number of hydrogen-bond acceptors (Lipinski definition) is 6. The smallest absolute Gasteiger partial charge is 0.231 e. The van der Waals surface area contributed by atoms with Crippen LogP contribution in [-0.2, 0) is 14.6 Å². The maximum atomic E-state index is 12.4. The summed E-state index contributed by atoms with van der Waals surface area (Å²) in [4.78, 5) is 12.4. The summed E-state index contributed by atoms with van der Waals surface area (Å²) in [6, 6.07) is 6.88. The summed E-state index contributed by atoms with van der Waals surface area (Å²) in [5, 5.41) is 9.30.